The van der Waals surface area contributed by atoms with Crippen LogP contribution >= 0.6 is 0 Å². The minimum Gasteiger partial charge on any atom is -0.292 e. The van der Waals surface area contributed by atoms with Crippen LogP contribution in [0.25, 0.3) is 0 Å². The van der Waals surface area contributed by atoms with E-state index in [0.29, 0.717) is 12.6 Å². The van der Waals surface area contributed by atoms with Crippen LogP contribution in [-0.4, -0.2) is 24.5 Å². The van der Waals surface area contributed by atoms with E-state index in [1.165, 1.54) is 23.1 Å². The van der Waals surface area contributed by atoms with E-state index in [0.717, 1.165) is 19.3 Å². The summed E-state index contributed by atoms with van der Waals surface area (Å²) in [5.74, 6) is 2.70. The first-order chi connectivity index (χ1) is 17.5. The molecule has 0 bridgehead atoms. The smallest absolute Gasteiger partial charge is 0.0598 e. The molecule has 2 aromatic rings. The number of hydrogen-bond donors (Lipinski definition) is 0. The first kappa shape index (κ1) is 37.7. The van der Waals surface area contributed by atoms with Gasteiger partial charge in [-0.2, -0.15) is 0 Å². The van der Waals surface area contributed by atoms with Gasteiger partial charge >= 0.3 is 0 Å². The van der Waals surface area contributed by atoms with Crippen molar-refractivity contribution in [3.63, 3.8) is 0 Å². The molecule has 0 saturated heterocycles. The molecule has 2 rings (SSSR count). The maximum absolute atomic E-state index is 5.37. The van der Waals surface area contributed by atoms with Crippen molar-refractivity contribution in [2.75, 3.05) is 13.6 Å². The molecule has 0 aliphatic heterocycles. The Morgan fingerprint density at radius 1 is 0.833 bits per heavy atom. The summed E-state index contributed by atoms with van der Waals surface area (Å²) in [6, 6.07) is 20.1. The predicted molar refractivity (Wildman–Crippen MR) is 168 cm³/mol. The number of allylic oxidation sites excluding steroid dienone is 5. The van der Waals surface area contributed by atoms with E-state index in [-0.39, 0.29) is 0 Å². The average molecular weight is 490 g/mol. The minimum atomic E-state index is 0.464. The second-order valence-corrected chi connectivity index (χ2v) is 7.83. The molecule has 1 atom stereocenters. The normalized spacial score (nSPS) is 10.4. The van der Waals surface area contributed by atoms with E-state index in [4.69, 9.17) is 6.42 Å². The highest BCUT2D eigenvalue weighted by molar-refractivity contribution is 5.25. The molecule has 0 heterocycles. The molecule has 1 heteroatoms. The van der Waals surface area contributed by atoms with Crippen molar-refractivity contribution >= 4 is 0 Å². The van der Waals surface area contributed by atoms with E-state index in [1.54, 1.807) is 6.08 Å². The van der Waals surface area contributed by atoms with E-state index in [1.807, 2.05) is 58.9 Å². The Morgan fingerprint density at radius 2 is 1.31 bits per heavy atom. The van der Waals surface area contributed by atoms with Crippen LogP contribution < -0.4 is 0 Å². The summed E-state index contributed by atoms with van der Waals surface area (Å²) in [7, 11) is 2.08. The zero-order valence-corrected chi connectivity index (χ0v) is 24.9. The van der Waals surface area contributed by atoms with Gasteiger partial charge in [0.1, 0.15) is 0 Å². The Kier molecular flexibility index (Phi) is 31.7. The lowest BCUT2D eigenvalue weighted by atomic mass is 10.0. The van der Waals surface area contributed by atoms with Crippen molar-refractivity contribution in [3.8, 4) is 12.3 Å². The van der Waals surface area contributed by atoms with Gasteiger partial charge in [0.2, 0.25) is 0 Å². The summed E-state index contributed by atoms with van der Waals surface area (Å²) in [6.45, 7) is 20.7. The maximum Gasteiger partial charge on any atom is 0.0598 e. The molecule has 200 valence electrons. The summed E-state index contributed by atoms with van der Waals surface area (Å²) < 4.78 is 0. The zero-order chi connectivity index (χ0) is 28.0. The summed E-state index contributed by atoms with van der Waals surface area (Å²) in [5, 5.41) is 0. The van der Waals surface area contributed by atoms with Crippen LogP contribution in [0.15, 0.2) is 91.6 Å². The van der Waals surface area contributed by atoms with E-state index in [9.17, 15) is 0 Å². The third-order valence-corrected chi connectivity index (χ3v) is 4.74. The molecule has 0 spiro atoms. The first-order valence-electron chi connectivity index (χ1n) is 13.7. The van der Waals surface area contributed by atoms with Gasteiger partial charge in [-0.3, -0.25) is 4.90 Å². The van der Waals surface area contributed by atoms with Gasteiger partial charge in [-0.25, -0.2) is 0 Å². The molecule has 1 nitrogen and oxygen atoms in total. The number of terminal acetylenes is 1. The van der Waals surface area contributed by atoms with Crippen molar-refractivity contribution < 1.29 is 0 Å². The molecule has 0 aromatic heterocycles. The molecule has 0 amide bonds. The number of benzene rings is 2. The maximum atomic E-state index is 5.37. The highest BCUT2D eigenvalue weighted by Gasteiger charge is 2.08. The molecule has 0 aliphatic rings. The number of rotatable bonds is 9. The van der Waals surface area contributed by atoms with Gasteiger partial charge in [-0.1, -0.05) is 145 Å². The second-order valence-electron chi connectivity index (χ2n) is 7.83. The Hall–Kier alpha value is -2.82. The molecule has 0 N–H and O–H groups in total. The highest BCUT2D eigenvalue weighted by atomic mass is 15.1. The Bertz CT molecular complexity index is 791. The van der Waals surface area contributed by atoms with Gasteiger partial charge in [0.25, 0.3) is 0 Å². The third kappa shape index (κ3) is 22.9. The topological polar surface area (TPSA) is 3.24 Å². The van der Waals surface area contributed by atoms with Crippen LogP contribution in [-0.2, 0) is 19.3 Å². The molecular formula is C35H55N. The first-order valence-corrected chi connectivity index (χ1v) is 13.7. The number of aryl methyl sites for hydroxylation is 2. The summed E-state index contributed by atoms with van der Waals surface area (Å²) in [6.07, 6.45) is 19.4. The highest BCUT2D eigenvalue weighted by Crippen LogP contribution is 2.12. The fraction of sp³-hybridized carbons (Fsp3) is 0.429. The summed E-state index contributed by atoms with van der Waals surface area (Å²) in [5.41, 5.74) is 4.17. The van der Waals surface area contributed by atoms with E-state index >= 15 is 0 Å². The lowest BCUT2D eigenvalue weighted by Crippen LogP contribution is -2.31. The standard InChI is InChI=1S/C21H25N.C7H10.C3H8.2C2H6/c1-4-16-22(3)18(2)17-21-14-12-20(13-15-21)11-10-19-8-6-5-7-9-19;1-3-5-7-6-4-2;1-3-2;2*1-2/h1,5-9,12-15,18H,10-11,16-17H2,2-3H3;3-7H,1H2,2H3;3H2,1-2H3;2*1-2H3/b;6-4-,7-5-;;;. The Balaban J connectivity index is -0.000000650. The lowest BCUT2D eigenvalue weighted by molar-refractivity contribution is 0.287. The Morgan fingerprint density at radius 3 is 1.75 bits per heavy atom. The largest absolute Gasteiger partial charge is 0.292 e. The van der Waals surface area contributed by atoms with E-state index < -0.39 is 0 Å². The quantitative estimate of drug-likeness (QED) is 0.250. The molecule has 0 saturated carbocycles. The molecule has 0 radical (unpaired) electrons. The van der Waals surface area contributed by atoms with Crippen molar-refractivity contribution in [2.24, 2.45) is 0 Å². The fourth-order valence-corrected chi connectivity index (χ4v) is 2.83. The fourth-order valence-electron chi connectivity index (χ4n) is 2.83. The van der Waals surface area contributed by atoms with Gasteiger partial charge < -0.3 is 0 Å². The predicted octanol–water partition coefficient (Wildman–Crippen LogP) is 9.74. The monoisotopic (exact) mass is 489 g/mol. The van der Waals surface area contributed by atoms with Gasteiger partial charge in [0, 0.05) is 6.04 Å². The minimum absolute atomic E-state index is 0.464. The van der Waals surface area contributed by atoms with Crippen molar-refractivity contribution in [2.45, 2.75) is 87.1 Å². The van der Waals surface area contributed by atoms with Crippen LogP contribution in [0.3, 0.4) is 0 Å². The van der Waals surface area contributed by atoms with Crippen LogP contribution in [0.4, 0.5) is 0 Å². The Labute approximate surface area is 226 Å². The van der Waals surface area contributed by atoms with Crippen LogP contribution in [0, 0.1) is 12.3 Å². The summed E-state index contributed by atoms with van der Waals surface area (Å²) in [4.78, 5) is 2.21. The number of hydrogen-bond acceptors (Lipinski definition) is 1. The average Bonchev–Trinajstić information content (AvgIpc) is 2.92. The van der Waals surface area contributed by atoms with Gasteiger partial charge in [-0.15, -0.1) is 6.42 Å². The lowest BCUT2D eigenvalue weighted by Gasteiger charge is -2.22. The molecule has 1 unspecified atom stereocenters. The zero-order valence-electron chi connectivity index (χ0n) is 24.9. The second kappa shape index (κ2) is 30.2. The molecule has 36 heavy (non-hydrogen) atoms. The van der Waals surface area contributed by atoms with Gasteiger partial charge in [-0.05, 0) is 56.8 Å². The van der Waals surface area contributed by atoms with Crippen LogP contribution in [0.2, 0.25) is 0 Å². The van der Waals surface area contributed by atoms with Crippen molar-refractivity contribution in [3.05, 3.63) is 108 Å². The van der Waals surface area contributed by atoms with Crippen LogP contribution in [0.5, 0.6) is 0 Å². The van der Waals surface area contributed by atoms with Crippen molar-refractivity contribution in [1.82, 2.24) is 4.90 Å². The molecular weight excluding hydrogens is 434 g/mol. The molecule has 2 aromatic carbocycles. The molecule has 0 fully saturated rings. The van der Waals surface area contributed by atoms with Gasteiger partial charge in [0.15, 0.2) is 0 Å². The van der Waals surface area contributed by atoms with Gasteiger partial charge in [0.05, 0.1) is 6.54 Å². The SMILES string of the molecule is C#CCN(C)C(C)Cc1ccc(CCc2ccccc2)cc1.C=C/C=C\C=C/C.CC.CC.CCC. The van der Waals surface area contributed by atoms with E-state index in [2.05, 4.69) is 99.8 Å². The third-order valence-electron chi connectivity index (χ3n) is 4.74. The number of nitrogens with zero attached hydrogens (tertiary/aromatic N) is 1. The number of likely N-dealkylation sites (N-methyl/N-ethyl adjacent to an activating group) is 1. The molecule has 0 aliphatic carbocycles. The van der Waals surface area contributed by atoms with Crippen LogP contribution in [0.1, 0.15) is 78.5 Å². The summed E-state index contributed by atoms with van der Waals surface area (Å²) >= 11 is 0. The van der Waals surface area contributed by atoms with Crippen molar-refractivity contribution in [1.29, 1.82) is 0 Å².